The monoisotopic (exact) mass is 311 g/mol. The SMILES string of the molecule is CCCCN(C)S(=O)(=O)c1cccc2cccc(Cl)c12. The van der Waals surface area contributed by atoms with Gasteiger partial charge in [0.15, 0.2) is 0 Å². The molecule has 2 rings (SSSR count). The van der Waals surface area contributed by atoms with Gasteiger partial charge in [-0.2, -0.15) is 0 Å². The summed E-state index contributed by atoms with van der Waals surface area (Å²) in [6.45, 7) is 2.55. The molecule has 108 valence electrons. The molecular weight excluding hydrogens is 294 g/mol. The van der Waals surface area contributed by atoms with E-state index in [2.05, 4.69) is 0 Å². The number of fused-ring (bicyclic) bond motifs is 1. The van der Waals surface area contributed by atoms with Gasteiger partial charge in [0.1, 0.15) is 0 Å². The van der Waals surface area contributed by atoms with Gasteiger partial charge in [0, 0.05) is 24.0 Å². The first-order valence-electron chi connectivity index (χ1n) is 6.62. The van der Waals surface area contributed by atoms with Gasteiger partial charge < -0.3 is 0 Å². The average molecular weight is 312 g/mol. The van der Waals surface area contributed by atoms with Gasteiger partial charge in [0.2, 0.25) is 10.0 Å². The van der Waals surface area contributed by atoms with Crippen LogP contribution in [0.5, 0.6) is 0 Å². The van der Waals surface area contributed by atoms with E-state index in [9.17, 15) is 8.42 Å². The van der Waals surface area contributed by atoms with Crippen molar-refractivity contribution in [1.29, 1.82) is 0 Å². The highest BCUT2D eigenvalue weighted by Crippen LogP contribution is 2.31. The highest BCUT2D eigenvalue weighted by molar-refractivity contribution is 7.89. The van der Waals surface area contributed by atoms with E-state index in [1.54, 1.807) is 25.2 Å². The van der Waals surface area contributed by atoms with E-state index < -0.39 is 10.0 Å². The lowest BCUT2D eigenvalue weighted by Gasteiger charge is -2.18. The summed E-state index contributed by atoms with van der Waals surface area (Å²) in [6.07, 6.45) is 1.80. The highest BCUT2D eigenvalue weighted by atomic mass is 35.5. The standard InChI is InChI=1S/C15H18ClNO2S/c1-3-4-11-17(2)20(18,19)14-10-6-8-12-7-5-9-13(16)15(12)14/h5-10H,3-4,11H2,1-2H3. The Morgan fingerprint density at radius 2 is 1.80 bits per heavy atom. The molecule has 0 saturated heterocycles. The van der Waals surface area contributed by atoms with Gasteiger partial charge in [0.05, 0.1) is 4.90 Å². The molecule has 0 amide bonds. The molecule has 5 heteroatoms. The minimum Gasteiger partial charge on any atom is -0.207 e. The van der Waals surface area contributed by atoms with E-state index in [1.807, 2.05) is 25.1 Å². The molecule has 0 unspecified atom stereocenters. The Bertz CT molecular complexity index is 708. The van der Waals surface area contributed by atoms with Gasteiger partial charge >= 0.3 is 0 Å². The third-order valence-corrected chi connectivity index (χ3v) is 5.54. The number of hydrogen-bond donors (Lipinski definition) is 0. The molecule has 0 aliphatic heterocycles. The maximum Gasteiger partial charge on any atom is 0.243 e. The Hall–Kier alpha value is -1.10. The molecule has 0 spiro atoms. The van der Waals surface area contributed by atoms with Crippen LogP contribution >= 0.6 is 11.6 Å². The quantitative estimate of drug-likeness (QED) is 0.839. The van der Waals surface area contributed by atoms with Crippen LogP contribution in [-0.4, -0.2) is 26.3 Å². The molecule has 0 atom stereocenters. The van der Waals surface area contributed by atoms with Crippen LogP contribution in [0.1, 0.15) is 19.8 Å². The fourth-order valence-corrected chi connectivity index (χ4v) is 3.93. The summed E-state index contributed by atoms with van der Waals surface area (Å²) in [4.78, 5) is 0.277. The lowest BCUT2D eigenvalue weighted by atomic mass is 10.1. The smallest absolute Gasteiger partial charge is 0.207 e. The van der Waals surface area contributed by atoms with Crippen LogP contribution < -0.4 is 0 Å². The van der Waals surface area contributed by atoms with Crippen LogP contribution in [0.3, 0.4) is 0 Å². The van der Waals surface area contributed by atoms with Crippen molar-refractivity contribution in [3.05, 3.63) is 41.4 Å². The van der Waals surface area contributed by atoms with E-state index in [-0.39, 0.29) is 4.90 Å². The van der Waals surface area contributed by atoms with Crippen molar-refractivity contribution >= 4 is 32.4 Å². The van der Waals surface area contributed by atoms with Crippen LogP contribution in [0, 0.1) is 0 Å². The van der Waals surface area contributed by atoms with Crippen molar-refractivity contribution in [2.45, 2.75) is 24.7 Å². The summed E-state index contributed by atoms with van der Waals surface area (Å²) in [5.74, 6) is 0. The Balaban J connectivity index is 2.57. The van der Waals surface area contributed by atoms with Gasteiger partial charge in [-0.15, -0.1) is 0 Å². The van der Waals surface area contributed by atoms with Crippen molar-refractivity contribution < 1.29 is 8.42 Å². The predicted octanol–water partition coefficient (Wildman–Crippen LogP) is 3.91. The molecular formula is C15H18ClNO2S. The minimum atomic E-state index is -3.51. The molecule has 0 aliphatic carbocycles. The molecule has 0 N–H and O–H groups in total. The summed E-state index contributed by atoms with van der Waals surface area (Å²) >= 11 is 6.19. The molecule has 0 aliphatic rings. The molecule has 20 heavy (non-hydrogen) atoms. The second kappa shape index (κ2) is 6.12. The number of rotatable bonds is 5. The first kappa shape index (κ1) is 15.3. The Morgan fingerprint density at radius 3 is 2.45 bits per heavy atom. The van der Waals surface area contributed by atoms with Gasteiger partial charge in [0.25, 0.3) is 0 Å². The predicted molar refractivity (Wildman–Crippen MR) is 83.7 cm³/mol. The average Bonchev–Trinajstić information content (AvgIpc) is 2.44. The number of benzene rings is 2. The Morgan fingerprint density at radius 1 is 1.15 bits per heavy atom. The number of sulfonamides is 1. The molecule has 0 radical (unpaired) electrons. The summed E-state index contributed by atoms with van der Waals surface area (Å²) in [7, 11) is -1.90. The molecule has 2 aromatic rings. The third kappa shape index (κ3) is 2.82. The number of unbranched alkanes of at least 4 members (excludes halogenated alkanes) is 1. The second-order valence-electron chi connectivity index (χ2n) is 4.77. The lowest BCUT2D eigenvalue weighted by Crippen LogP contribution is -2.28. The van der Waals surface area contributed by atoms with Gasteiger partial charge in [-0.3, -0.25) is 0 Å². The molecule has 0 bridgehead atoms. The number of halogens is 1. The lowest BCUT2D eigenvalue weighted by molar-refractivity contribution is 0.460. The third-order valence-electron chi connectivity index (χ3n) is 3.33. The first-order valence-corrected chi connectivity index (χ1v) is 8.44. The Kier molecular flexibility index (Phi) is 4.68. The van der Waals surface area contributed by atoms with E-state index in [1.165, 1.54) is 4.31 Å². The fraction of sp³-hybridized carbons (Fsp3) is 0.333. The highest BCUT2D eigenvalue weighted by Gasteiger charge is 2.23. The zero-order chi connectivity index (χ0) is 14.8. The molecule has 0 heterocycles. The van der Waals surface area contributed by atoms with Crippen molar-refractivity contribution in [3.63, 3.8) is 0 Å². The van der Waals surface area contributed by atoms with Crippen molar-refractivity contribution in [2.24, 2.45) is 0 Å². The normalized spacial score (nSPS) is 12.2. The summed E-state index contributed by atoms with van der Waals surface area (Å²) in [5.41, 5.74) is 0. The first-order chi connectivity index (χ1) is 9.48. The number of hydrogen-bond acceptors (Lipinski definition) is 2. The van der Waals surface area contributed by atoms with Crippen LogP contribution in [0.25, 0.3) is 10.8 Å². The van der Waals surface area contributed by atoms with Gasteiger partial charge in [-0.25, -0.2) is 12.7 Å². The summed E-state index contributed by atoms with van der Waals surface area (Å²) in [6, 6.07) is 10.6. The fourth-order valence-electron chi connectivity index (χ4n) is 2.15. The van der Waals surface area contributed by atoms with Crippen LogP contribution in [0.2, 0.25) is 5.02 Å². The number of nitrogens with zero attached hydrogens (tertiary/aromatic N) is 1. The van der Waals surface area contributed by atoms with E-state index >= 15 is 0 Å². The molecule has 0 saturated carbocycles. The van der Waals surface area contributed by atoms with Gasteiger partial charge in [-0.1, -0.05) is 49.2 Å². The summed E-state index contributed by atoms with van der Waals surface area (Å²) < 4.78 is 26.7. The van der Waals surface area contributed by atoms with Crippen LogP contribution in [0.4, 0.5) is 0 Å². The topological polar surface area (TPSA) is 37.4 Å². The van der Waals surface area contributed by atoms with Crippen LogP contribution in [-0.2, 0) is 10.0 Å². The second-order valence-corrected chi connectivity index (χ2v) is 7.19. The van der Waals surface area contributed by atoms with Crippen molar-refractivity contribution in [1.82, 2.24) is 4.31 Å². The zero-order valence-corrected chi connectivity index (χ0v) is 13.2. The Labute approximate surface area is 125 Å². The largest absolute Gasteiger partial charge is 0.243 e. The molecule has 2 aromatic carbocycles. The summed E-state index contributed by atoms with van der Waals surface area (Å²) in [5, 5.41) is 1.90. The van der Waals surface area contributed by atoms with E-state index in [0.717, 1.165) is 18.2 Å². The van der Waals surface area contributed by atoms with Crippen molar-refractivity contribution in [3.8, 4) is 0 Å². The maximum atomic E-state index is 12.7. The minimum absolute atomic E-state index is 0.277. The van der Waals surface area contributed by atoms with Crippen molar-refractivity contribution in [2.75, 3.05) is 13.6 Å². The molecule has 0 fully saturated rings. The van der Waals surface area contributed by atoms with E-state index in [4.69, 9.17) is 11.6 Å². The molecule has 3 nitrogen and oxygen atoms in total. The molecule has 0 aromatic heterocycles. The zero-order valence-electron chi connectivity index (χ0n) is 11.6. The van der Waals surface area contributed by atoms with E-state index in [0.29, 0.717) is 17.0 Å². The van der Waals surface area contributed by atoms with Crippen LogP contribution in [0.15, 0.2) is 41.3 Å². The van der Waals surface area contributed by atoms with Gasteiger partial charge in [-0.05, 0) is 23.9 Å². The maximum absolute atomic E-state index is 12.7.